The maximum absolute atomic E-state index is 13.5. The number of carbonyl (C=O) groups is 1. The Morgan fingerprint density at radius 2 is 2.21 bits per heavy atom. The molecular weight excluding hydrogens is 245 g/mol. The zero-order valence-electron chi connectivity index (χ0n) is 11.4. The first-order valence-electron chi connectivity index (χ1n) is 6.69. The average molecular weight is 265 g/mol. The second kappa shape index (κ2) is 5.70. The molecule has 0 radical (unpaired) electrons. The van der Waals surface area contributed by atoms with Crippen LogP contribution in [-0.2, 0) is 11.3 Å². The van der Waals surface area contributed by atoms with E-state index in [4.69, 9.17) is 5.11 Å². The number of hydrogen-bond donors (Lipinski definition) is 1. The van der Waals surface area contributed by atoms with Crippen molar-refractivity contribution in [3.05, 3.63) is 35.1 Å². The molecule has 0 spiro atoms. The Balaban J connectivity index is 2.07. The lowest BCUT2D eigenvalue weighted by Crippen LogP contribution is -2.43. The molecule has 0 saturated carbocycles. The van der Waals surface area contributed by atoms with Crippen molar-refractivity contribution in [3.63, 3.8) is 0 Å². The van der Waals surface area contributed by atoms with E-state index in [1.54, 1.807) is 19.1 Å². The number of carboxylic acids is 1. The number of halogens is 1. The molecular formula is C15H20FNO2. The highest BCUT2D eigenvalue weighted by Crippen LogP contribution is 2.24. The van der Waals surface area contributed by atoms with Crippen LogP contribution in [0.25, 0.3) is 0 Å². The van der Waals surface area contributed by atoms with E-state index in [2.05, 4.69) is 11.8 Å². The van der Waals surface area contributed by atoms with E-state index >= 15 is 0 Å². The SMILES string of the molecule is Cc1ccc(CN2CC(C(=O)O)CCC2C)cc1F. The number of nitrogens with zero attached hydrogens (tertiary/aromatic N) is 1. The van der Waals surface area contributed by atoms with Crippen molar-refractivity contribution >= 4 is 5.97 Å². The first-order valence-corrected chi connectivity index (χ1v) is 6.69. The standard InChI is InChI=1S/C15H20FNO2/c1-10-3-5-12(7-14(10)16)8-17-9-13(15(18)19)6-4-11(17)2/h3,5,7,11,13H,4,6,8-9H2,1-2H3,(H,18,19). The Morgan fingerprint density at radius 3 is 2.84 bits per heavy atom. The number of carboxylic acid groups (broad SMARTS) is 1. The predicted molar refractivity (Wildman–Crippen MR) is 71.4 cm³/mol. The molecule has 2 atom stereocenters. The molecule has 0 aliphatic carbocycles. The summed E-state index contributed by atoms with van der Waals surface area (Å²) in [5.41, 5.74) is 1.54. The fourth-order valence-corrected chi connectivity index (χ4v) is 2.57. The van der Waals surface area contributed by atoms with Crippen molar-refractivity contribution in [2.75, 3.05) is 6.54 Å². The molecule has 2 unspecified atom stereocenters. The van der Waals surface area contributed by atoms with Gasteiger partial charge in [0.1, 0.15) is 5.82 Å². The molecule has 19 heavy (non-hydrogen) atoms. The summed E-state index contributed by atoms with van der Waals surface area (Å²) in [5, 5.41) is 9.10. The Hall–Kier alpha value is -1.42. The molecule has 0 aromatic heterocycles. The van der Waals surface area contributed by atoms with Gasteiger partial charge in [-0.15, -0.1) is 0 Å². The van der Waals surface area contributed by atoms with Gasteiger partial charge in [0, 0.05) is 19.1 Å². The fraction of sp³-hybridized carbons (Fsp3) is 0.533. The lowest BCUT2D eigenvalue weighted by Gasteiger charge is -2.36. The van der Waals surface area contributed by atoms with Crippen molar-refractivity contribution in [1.29, 1.82) is 0 Å². The molecule has 0 bridgehead atoms. The van der Waals surface area contributed by atoms with Gasteiger partial charge in [-0.3, -0.25) is 9.69 Å². The second-order valence-electron chi connectivity index (χ2n) is 5.47. The number of benzene rings is 1. The maximum atomic E-state index is 13.5. The maximum Gasteiger partial charge on any atom is 0.307 e. The molecule has 1 N–H and O–H groups in total. The van der Waals surface area contributed by atoms with E-state index in [1.807, 2.05) is 6.07 Å². The van der Waals surface area contributed by atoms with Gasteiger partial charge in [-0.1, -0.05) is 12.1 Å². The van der Waals surface area contributed by atoms with E-state index in [0.717, 1.165) is 18.4 Å². The summed E-state index contributed by atoms with van der Waals surface area (Å²) < 4.78 is 13.5. The molecule has 1 saturated heterocycles. The van der Waals surface area contributed by atoms with Crippen LogP contribution in [0.15, 0.2) is 18.2 Å². The molecule has 104 valence electrons. The zero-order chi connectivity index (χ0) is 14.0. The van der Waals surface area contributed by atoms with Crippen LogP contribution in [0.5, 0.6) is 0 Å². The van der Waals surface area contributed by atoms with Gasteiger partial charge in [-0.25, -0.2) is 4.39 Å². The Morgan fingerprint density at radius 1 is 1.47 bits per heavy atom. The minimum absolute atomic E-state index is 0.197. The number of rotatable bonds is 3. The van der Waals surface area contributed by atoms with Gasteiger partial charge in [0.05, 0.1) is 5.92 Å². The van der Waals surface area contributed by atoms with Crippen molar-refractivity contribution < 1.29 is 14.3 Å². The summed E-state index contributed by atoms with van der Waals surface area (Å²) in [6, 6.07) is 5.58. The molecule has 3 nitrogen and oxygen atoms in total. The third kappa shape index (κ3) is 3.32. The first-order chi connectivity index (χ1) is 8.97. The van der Waals surface area contributed by atoms with Crippen LogP contribution >= 0.6 is 0 Å². The van der Waals surface area contributed by atoms with Crippen LogP contribution in [0.2, 0.25) is 0 Å². The van der Waals surface area contributed by atoms with Crippen molar-refractivity contribution in [3.8, 4) is 0 Å². The molecule has 2 rings (SSSR count). The quantitative estimate of drug-likeness (QED) is 0.913. The number of aryl methyl sites for hydroxylation is 1. The van der Waals surface area contributed by atoms with E-state index in [9.17, 15) is 9.18 Å². The van der Waals surface area contributed by atoms with Gasteiger partial charge in [0.25, 0.3) is 0 Å². The molecule has 1 aliphatic rings. The Kier molecular flexibility index (Phi) is 4.20. The number of piperidine rings is 1. The largest absolute Gasteiger partial charge is 0.481 e. The number of hydrogen-bond acceptors (Lipinski definition) is 2. The summed E-state index contributed by atoms with van der Waals surface area (Å²) >= 11 is 0. The molecule has 1 heterocycles. The van der Waals surface area contributed by atoms with Gasteiger partial charge < -0.3 is 5.11 Å². The van der Waals surface area contributed by atoms with Gasteiger partial charge in [0.15, 0.2) is 0 Å². The third-order valence-corrected chi connectivity index (χ3v) is 3.98. The van der Waals surface area contributed by atoms with E-state index in [1.165, 1.54) is 0 Å². The van der Waals surface area contributed by atoms with E-state index in [0.29, 0.717) is 24.7 Å². The summed E-state index contributed by atoms with van der Waals surface area (Å²) in [7, 11) is 0. The monoisotopic (exact) mass is 265 g/mol. The van der Waals surface area contributed by atoms with Gasteiger partial charge in [-0.2, -0.15) is 0 Å². The molecule has 0 amide bonds. The first kappa shape index (κ1) is 14.0. The molecule has 4 heteroatoms. The highest BCUT2D eigenvalue weighted by atomic mass is 19.1. The summed E-state index contributed by atoms with van der Waals surface area (Å²) in [4.78, 5) is 13.2. The van der Waals surface area contributed by atoms with Crippen LogP contribution in [0.3, 0.4) is 0 Å². The van der Waals surface area contributed by atoms with Gasteiger partial charge in [-0.05, 0) is 43.9 Å². The lowest BCUT2D eigenvalue weighted by molar-refractivity contribution is -0.144. The van der Waals surface area contributed by atoms with Crippen molar-refractivity contribution in [2.24, 2.45) is 5.92 Å². The molecule has 1 aromatic carbocycles. The van der Waals surface area contributed by atoms with Gasteiger partial charge in [0.2, 0.25) is 0 Å². The molecule has 1 aliphatic heterocycles. The number of likely N-dealkylation sites (tertiary alicyclic amines) is 1. The lowest BCUT2D eigenvalue weighted by atomic mass is 9.93. The van der Waals surface area contributed by atoms with Crippen LogP contribution in [0, 0.1) is 18.7 Å². The van der Waals surface area contributed by atoms with Crippen LogP contribution in [0.1, 0.15) is 30.9 Å². The normalized spacial score (nSPS) is 24.4. The Bertz CT molecular complexity index is 475. The van der Waals surface area contributed by atoms with Crippen LogP contribution < -0.4 is 0 Å². The van der Waals surface area contributed by atoms with Crippen molar-refractivity contribution in [2.45, 2.75) is 39.3 Å². The Labute approximate surface area is 113 Å². The zero-order valence-corrected chi connectivity index (χ0v) is 11.4. The highest BCUT2D eigenvalue weighted by Gasteiger charge is 2.29. The summed E-state index contributed by atoms with van der Waals surface area (Å²) in [6.45, 7) is 5.00. The smallest absolute Gasteiger partial charge is 0.307 e. The van der Waals surface area contributed by atoms with E-state index < -0.39 is 5.97 Å². The molecule has 1 aromatic rings. The van der Waals surface area contributed by atoms with Crippen LogP contribution in [-0.4, -0.2) is 28.6 Å². The van der Waals surface area contributed by atoms with Crippen molar-refractivity contribution in [1.82, 2.24) is 4.90 Å². The molecule has 1 fully saturated rings. The second-order valence-corrected chi connectivity index (χ2v) is 5.47. The fourth-order valence-electron chi connectivity index (χ4n) is 2.57. The van der Waals surface area contributed by atoms with Gasteiger partial charge >= 0.3 is 5.97 Å². The minimum Gasteiger partial charge on any atom is -0.481 e. The number of aliphatic carboxylic acids is 1. The third-order valence-electron chi connectivity index (χ3n) is 3.98. The summed E-state index contributed by atoms with van der Waals surface area (Å²) in [6.07, 6.45) is 1.61. The topological polar surface area (TPSA) is 40.5 Å². The van der Waals surface area contributed by atoms with Crippen LogP contribution in [0.4, 0.5) is 4.39 Å². The predicted octanol–water partition coefficient (Wildman–Crippen LogP) is 2.82. The van der Waals surface area contributed by atoms with E-state index in [-0.39, 0.29) is 11.7 Å². The minimum atomic E-state index is -0.730. The summed E-state index contributed by atoms with van der Waals surface area (Å²) in [5.74, 6) is -1.23. The highest BCUT2D eigenvalue weighted by molar-refractivity contribution is 5.70. The average Bonchev–Trinajstić information content (AvgIpc) is 2.36.